The summed E-state index contributed by atoms with van der Waals surface area (Å²) in [6.07, 6.45) is 2.00. The maximum absolute atomic E-state index is 14.8. The Morgan fingerprint density at radius 3 is 2.55 bits per heavy atom. The van der Waals surface area contributed by atoms with Gasteiger partial charge in [-0.05, 0) is 54.6 Å². The third kappa shape index (κ3) is 3.50. The summed E-state index contributed by atoms with van der Waals surface area (Å²) in [5.41, 5.74) is 3.28. The molecular weight excluding hydrogens is 550 g/mol. The van der Waals surface area contributed by atoms with Crippen LogP contribution in [0.1, 0.15) is 43.6 Å². The lowest BCUT2D eigenvalue weighted by Crippen LogP contribution is -2.51. The van der Waals surface area contributed by atoms with Gasteiger partial charge >= 0.3 is 0 Å². The number of carbonyl (C=O) groups is 3. The number of carbonyl (C=O) groups excluding carboxylic acids is 3. The van der Waals surface area contributed by atoms with Crippen LogP contribution in [0.15, 0.2) is 90.3 Å². The zero-order valence-corrected chi connectivity index (χ0v) is 23.6. The molecule has 3 aliphatic rings. The Morgan fingerprint density at radius 2 is 1.79 bits per heavy atom. The largest absolute Gasteiger partial charge is 0.352 e. The molecule has 4 aromatic rings. The number of nitrogens with zero attached hydrogens (tertiary/aromatic N) is 2. The zero-order chi connectivity index (χ0) is 29.3. The number of thiophene rings is 1. The minimum absolute atomic E-state index is 0.0828. The Kier molecular flexibility index (Phi) is 5.78. The molecule has 1 spiro atoms. The minimum Gasteiger partial charge on any atom is -0.352 e. The second-order valence-electron chi connectivity index (χ2n) is 11.0. The number of Topliss-reactive ketones (excluding diaryl/α,β-unsaturated/α-hetero) is 2. The zero-order valence-electron chi connectivity index (χ0n) is 22.7. The van der Waals surface area contributed by atoms with Crippen molar-refractivity contribution in [2.45, 2.75) is 31.3 Å². The summed E-state index contributed by atoms with van der Waals surface area (Å²) in [4.78, 5) is 57.3. The van der Waals surface area contributed by atoms with Crippen molar-refractivity contribution in [1.29, 1.82) is 0 Å². The molecule has 1 N–H and O–H groups in total. The third-order valence-corrected chi connectivity index (χ3v) is 9.67. The molecule has 0 saturated carbocycles. The van der Waals surface area contributed by atoms with Crippen molar-refractivity contribution in [3.05, 3.63) is 128 Å². The number of aryl methyl sites for hydroxylation is 1. The first-order chi connectivity index (χ1) is 20.2. The van der Waals surface area contributed by atoms with Gasteiger partial charge in [-0.25, -0.2) is 0 Å². The average Bonchev–Trinajstić information content (AvgIpc) is 3.70. The van der Waals surface area contributed by atoms with E-state index in [0.29, 0.717) is 16.1 Å². The van der Waals surface area contributed by atoms with Gasteiger partial charge in [-0.2, -0.15) is 0 Å². The number of nitro benzene ring substituents is 1. The Balaban J connectivity index is 1.56. The van der Waals surface area contributed by atoms with E-state index in [2.05, 4.69) is 11.4 Å². The molecule has 0 bridgehead atoms. The van der Waals surface area contributed by atoms with Crippen molar-refractivity contribution in [1.82, 2.24) is 0 Å². The highest BCUT2D eigenvalue weighted by Crippen LogP contribution is 2.59. The number of hydrogen-bond donors (Lipinski definition) is 1. The van der Waals surface area contributed by atoms with E-state index in [0.717, 1.165) is 22.4 Å². The van der Waals surface area contributed by atoms with Gasteiger partial charge in [0.15, 0.2) is 11.6 Å². The number of nitro groups is 1. The summed E-state index contributed by atoms with van der Waals surface area (Å²) in [5, 5.41) is 16.5. The van der Waals surface area contributed by atoms with Gasteiger partial charge in [-0.3, -0.25) is 24.5 Å². The Hall–Kier alpha value is -4.89. The Morgan fingerprint density at radius 1 is 0.976 bits per heavy atom. The van der Waals surface area contributed by atoms with E-state index in [-0.39, 0.29) is 22.9 Å². The number of non-ortho nitro benzene ring substituents is 1. The van der Waals surface area contributed by atoms with Crippen LogP contribution in [0.25, 0.3) is 5.57 Å². The highest BCUT2D eigenvalue weighted by molar-refractivity contribution is 7.12. The van der Waals surface area contributed by atoms with Gasteiger partial charge < -0.3 is 10.2 Å². The SMILES string of the molecule is CC1=C[C@H]2N(c3ccc(C)cc31)[C@H](C(=O)c1cccs1)[C@@H](C(=O)c1cccc([N+](=O)[O-])c1)[C@]21C(=O)Nc2ccccc21. The smallest absolute Gasteiger partial charge is 0.270 e. The van der Waals surface area contributed by atoms with Gasteiger partial charge in [0.25, 0.3) is 5.69 Å². The van der Waals surface area contributed by atoms with Crippen molar-refractivity contribution >= 4 is 51.4 Å². The first-order valence-electron chi connectivity index (χ1n) is 13.6. The normalized spacial score (nSPS) is 23.6. The third-order valence-electron chi connectivity index (χ3n) is 8.79. The molecule has 3 aliphatic heterocycles. The summed E-state index contributed by atoms with van der Waals surface area (Å²) in [5.74, 6) is -2.32. The molecule has 9 heteroatoms. The Bertz CT molecular complexity index is 1860. The van der Waals surface area contributed by atoms with Gasteiger partial charge in [0, 0.05) is 34.6 Å². The van der Waals surface area contributed by atoms with E-state index >= 15 is 0 Å². The fourth-order valence-corrected chi connectivity index (χ4v) is 7.76. The highest BCUT2D eigenvalue weighted by atomic mass is 32.1. The number of amides is 1. The van der Waals surface area contributed by atoms with E-state index in [1.165, 1.54) is 35.6 Å². The molecule has 1 saturated heterocycles. The van der Waals surface area contributed by atoms with Gasteiger partial charge in [-0.1, -0.05) is 54.1 Å². The fraction of sp³-hybridized carbons (Fsp3) is 0.182. The van der Waals surface area contributed by atoms with Crippen molar-refractivity contribution in [3.8, 4) is 0 Å². The van der Waals surface area contributed by atoms with E-state index < -0.39 is 34.1 Å². The van der Waals surface area contributed by atoms with E-state index in [9.17, 15) is 24.5 Å². The predicted molar refractivity (Wildman–Crippen MR) is 161 cm³/mol. The van der Waals surface area contributed by atoms with Crippen LogP contribution in [0.4, 0.5) is 17.1 Å². The number of ketones is 2. The number of nitrogens with one attached hydrogen (secondary N) is 1. The number of fused-ring (bicyclic) bond motifs is 6. The molecule has 1 aromatic heterocycles. The van der Waals surface area contributed by atoms with Crippen LogP contribution in [0, 0.1) is 23.0 Å². The molecule has 0 radical (unpaired) electrons. The standard InChI is InChI=1S/C33H25N3O5S/c1-18-12-13-25-22(15-18)19(2)16-27-33(23-9-3-4-10-24(23)34-32(33)39)28(29(35(25)27)31(38)26-11-6-14-42-26)30(37)20-7-5-8-21(17-20)36(40)41/h3-17,27-29H,1-2H3,(H,34,39)/t27-,28+,29+,33-/m1/s1. The lowest BCUT2D eigenvalue weighted by atomic mass is 9.64. The molecule has 0 aliphatic carbocycles. The molecule has 3 aromatic carbocycles. The molecule has 8 nitrogen and oxygen atoms in total. The first kappa shape index (κ1) is 26.0. The molecular formula is C33H25N3O5S. The maximum atomic E-state index is 14.8. The number of anilines is 2. The van der Waals surface area contributed by atoms with Crippen LogP contribution in [-0.2, 0) is 10.2 Å². The molecule has 42 heavy (non-hydrogen) atoms. The predicted octanol–water partition coefficient (Wildman–Crippen LogP) is 6.21. The Labute approximate surface area is 245 Å². The maximum Gasteiger partial charge on any atom is 0.270 e. The van der Waals surface area contributed by atoms with Crippen molar-refractivity contribution in [3.63, 3.8) is 0 Å². The van der Waals surface area contributed by atoms with Crippen LogP contribution in [-0.4, -0.2) is 34.5 Å². The van der Waals surface area contributed by atoms with Crippen LogP contribution in [0.2, 0.25) is 0 Å². The molecule has 4 heterocycles. The summed E-state index contributed by atoms with van der Waals surface area (Å²) in [6, 6.07) is 20.6. The van der Waals surface area contributed by atoms with Crippen molar-refractivity contribution < 1.29 is 19.3 Å². The number of allylic oxidation sites excluding steroid dienone is 1. The van der Waals surface area contributed by atoms with Crippen LogP contribution in [0.3, 0.4) is 0 Å². The van der Waals surface area contributed by atoms with Gasteiger partial charge in [-0.15, -0.1) is 11.3 Å². The summed E-state index contributed by atoms with van der Waals surface area (Å²) >= 11 is 1.28. The number of rotatable bonds is 5. The second kappa shape index (κ2) is 9.32. The molecule has 4 atom stereocenters. The lowest BCUT2D eigenvalue weighted by Gasteiger charge is -2.39. The van der Waals surface area contributed by atoms with Gasteiger partial charge in [0.05, 0.1) is 21.8 Å². The van der Waals surface area contributed by atoms with Gasteiger partial charge in [0.1, 0.15) is 11.5 Å². The fourth-order valence-electron chi connectivity index (χ4n) is 7.06. The van der Waals surface area contributed by atoms with Crippen molar-refractivity contribution in [2.75, 3.05) is 10.2 Å². The molecule has 1 amide bonds. The van der Waals surface area contributed by atoms with Crippen molar-refractivity contribution in [2.24, 2.45) is 5.92 Å². The minimum atomic E-state index is -1.47. The number of benzene rings is 3. The topological polar surface area (TPSA) is 110 Å². The number of para-hydroxylation sites is 1. The average molecular weight is 576 g/mol. The first-order valence-corrected chi connectivity index (χ1v) is 14.5. The van der Waals surface area contributed by atoms with Crippen LogP contribution >= 0.6 is 11.3 Å². The molecule has 208 valence electrons. The highest BCUT2D eigenvalue weighted by Gasteiger charge is 2.70. The summed E-state index contributed by atoms with van der Waals surface area (Å²) in [6.45, 7) is 3.97. The molecule has 0 unspecified atom stereocenters. The lowest BCUT2D eigenvalue weighted by molar-refractivity contribution is -0.384. The van der Waals surface area contributed by atoms with E-state index in [1.54, 1.807) is 18.2 Å². The second-order valence-corrected chi connectivity index (χ2v) is 12.0. The summed E-state index contributed by atoms with van der Waals surface area (Å²) < 4.78 is 0. The monoisotopic (exact) mass is 575 g/mol. The molecule has 7 rings (SSSR count). The van der Waals surface area contributed by atoms with Crippen LogP contribution < -0.4 is 10.2 Å². The summed E-state index contributed by atoms with van der Waals surface area (Å²) in [7, 11) is 0. The van der Waals surface area contributed by atoms with Gasteiger partial charge in [0.2, 0.25) is 5.91 Å². The molecule has 1 fully saturated rings. The van der Waals surface area contributed by atoms with Crippen LogP contribution in [0.5, 0.6) is 0 Å². The van der Waals surface area contributed by atoms with E-state index in [4.69, 9.17) is 0 Å². The van der Waals surface area contributed by atoms with E-state index in [1.807, 2.05) is 60.5 Å². The number of hydrogen-bond acceptors (Lipinski definition) is 7. The quantitative estimate of drug-likeness (QED) is 0.172.